The van der Waals surface area contributed by atoms with Crippen molar-refractivity contribution < 1.29 is 18.7 Å². The molecule has 2 atom stereocenters. The van der Waals surface area contributed by atoms with Gasteiger partial charge in [-0.3, -0.25) is 0 Å². The normalized spacial score (nSPS) is 23.5. The molecule has 0 spiro atoms. The zero-order valence-corrected chi connectivity index (χ0v) is 14.3. The maximum absolute atomic E-state index is 14.1. The standard InChI is InChI=1S/C16H19ClFN3O3/c1-3-24-16(22)13-12(18)6-19-15(17)14(13)20-9(2)21-10-4-5-11(21)8-23-7-10/h6,10-11H,3-5,7-8H2,1-2H3. The molecule has 2 fully saturated rings. The lowest BCUT2D eigenvalue weighted by Crippen LogP contribution is -2.48. The fourth-order valence-electron chi connectivity index (χ4n) is 3.33. The largest absolute Gasteiger partial charge is 0.462 e. The van der Waals surface area contributed by atoms with Gasteiger partial charge in [-0.05, 0) is 26.7 Å². The van der Waals surface area contributed by atoms with E-state index in [0.717, 1.165) is 19.0 Å². The Morgan fingerprint density at radius 3 is 2.79 bits per heavy atom. The number of hydrogen-bond donors (Lipinski definition) is 0. The minimum Gasteiger partial charge on any atom is -0.462 e. The van der Waals surface area contributed by atoms with Gasteiger partial charge in [0.1, 0.15) is 17.1 Å². The number of aromatic nitrogens is 1. The van der Waals surface area contributed by atoms with Gasteiger partial charge in [0.2, 0.25) is 0 Å². The van der Waals surface area contributed by atoms with E-state index < -0.39 is 11.8 Å². The molecule has 0 aliphatic carbocycles. The van der Waals surface area contributed by atoms with Gasteiger partial charge in [-0.1, -0.05) is 11.6 Å². The van der Waals surface area contributed by atoms with E-state index in [4.69, 9.17) is 21.1 Å². The summed E-state index contributed by atoms with van der Waals surface area (Å²) < 4.78 is 24.6. The molecule has 0 aromatic carbocycles. The Kier molecular flexibility index (Phi) is 5.01. The van der Waals surface area contributed by atoms with E-state index in [9.17, 15) is 9.18 Å². The third-order valence-corrected chi connectivity index (χ3v) is 4.61. The van der Waals surface area contributed by atoms with E-state index in [0.29, 0.717) is 19.0 Å². The average Bonchev–Trinajstić information content (AvgIpc) is 2.80. The van der Waals surface area contributed by atoms with Gasteiger partial charge in [-0.15, -0.1) is 0 Å². The Morgan fingerprint density at radius 2 is 2.17 bits per heavy atom. The molecule has 2 aliphatic rings. The van der Waals surface area contributed by atoms with Crippen molar-refractivity contribution in [2.24, 2.45) is 4.99 Å². The number of fused-ring (bicyclic) bond motifs is 2. The van der Waals surface area contributed by atoms with Crippen LogP contribution in [0, 0.1) is 5.82 Å². The Morgan fingerprint density at radius 1 is 1.50 bits per heavy atom. The zero-order chi connectivity index (χ0) is 17.3. The van der Waals surface area contributed by atoms with Crippen LogP contribution in [0.2, 0.25) is 5.15 Å². The second-order valence-electron chi connectivity index (χ2n) is 5.83. The van der Waals surface area contributed by atoms with Crippen molar-refractivity contribution in [3.05, 3.63) is 22.7 Å². The summed E-state index contributed by atoms with van der Waals surface area (Å²) in [7, 11) is 0. The van der Waals surface area contributed by atoms with Crippen LogP contribution in [0.3, 0.4) is 0 Å². The van der Waals surface area contributed by atoms with Crippen LogP contribution in [0.25, 0.3) is 0 Å². The molecular weight excluding hydrogens is 337 g/mol. The highest BCUT2D eigenvalue weighted by molar-refractivity contribution is 6.32. The number of ether oxygens (including phenoxy) is 2. The van der Waals surface area contributed by atoms with Crippen LogP contribution in [0.4, 0.5) is 10.1 Å². The average molecular weight is 356 g/mol. The predicted molar refractivity (Wildman–Crippen MR) is 87.4 cm³/mol. The van der Waals surface area contributed by atoms with Crippen LogP contribution < -0.4 is 0 Å². The van der Waals surface area contributed by atoms with Gasteiger partial charge in [-0.2, -0.15) is 0 Å². The van der Waals surface area contributed by atoms with Gasteiger partial charge >= 0.3 is 5.97 Å². The van der Waals surface area contributed by atoms with E-state index in [-0.39, 0.29) is 35.1 Å². The van der Waals surface area contributed by atoms with E-state index in [1.54, 1.807) is 6.92 Å². The summed E-state index contributed by atoms with van der Waals surface area (Å²) in [6.07, 6.45) is 2.95. The fourth-order valence-corrected chi connectivity index (χ4v) is 3.52. The first-order chi connectivity index (χ1) is 11.5. The topological polar surface area (TPSA) is 64.0 Å². The second kappa shape index (κ2) is 7.03. The van der Waals surface area contributed by atoms with Gasteiger partial charge in [-0.25, -0.2) is 19.2 Å². The summed E-state index contributed by atoms with van der Waals surface area (Å²) in [5.41, 5.74) is -0.268. The number of esters is 1. The number of carbonyl (C=O) groups is 1. The molecule has 0 radical (unpaired) electrons. The highest BCUT2D eigenvalue weighted by Crippen LogP contribution is 2.33. The lowest BCUT2D eigenvalue weighted by molar-refractivity contribution is 0.0202. The Bertz CT molecular complexity index is 667. The van der Waals surface area contributed by atoms with Gasteiger partial charge < -0.3 is 14.4 Å². The van der Waals surface area contributed by atoms with Gasteiger partial charge in [0.25, 0.3) is 0 Å². The number of aliphatic imine (C=N–C) groups is 1. The number of halogens is 2. The van der Waals surface area contributed by atoms with E-state index in [2.05, 4.69) is 14.9 Å². The summed E-state index contributed by atoms with van der Waals surface area (Å²) >= 11 is 6.08. The number of pyridine rings is 1. The van der Waals surface area contributed by atoms with Crippen molar-refractivity contribution >= 4 is 29.1 Å². The van der Waals surface area contributed by atoms with Gasteiger partial charge in [0.15, 0.2) is 11.0 Å². The molecule has 1 aromatic heterocycles. The number of rotatable bonds is 3. The lowest BCUT2D eigenvalue weighted by Gasteiger charge is -2.36. The van der Waals surface area contributed by atoms with Crippen molar-refractivity contribution in [3.8, 4) is 0 Å². The summed E-state index contributed by atoms with van der Waals surface area (Å²) in [6.45, 7) is 4.89. The number of morpholine rings is 1. The first kappa shape index (κ1) is 17.1. The third kappa shape index (κ3) is 3.10. The fraction of sp³-hybridized carbons (Fsp3) is 0.562. The maximum Gasteiger partial charge on any atom is 0.343 e. The lowest BCUT2D eigenvalue weighted by atomic mass is 10.2. The first-order valence-electron chi connectivity index (χ1n) is 7.95. The molecule has 2 saturated heterocycles. The molecular formula is C16H19ClFN3O3. The molecule has 0 amide bonds. The van der Waals surface area contributed by atoms with Crippen LogP contribution in [0.15, 0.2) is 11.2 Å². The SMILES string of the molecule is CCOC(=O)c1c(F)cnc(Cl)c1N=C(C)N1C2CCC1COC2. The summed E-state index contributed by atoms with van der Waals surface area (Å²) in [5.74, 6) is -0.921. The predicted octanol–water partition coefficient (Wildman–Crippen LogP) is 2.96. The number of hydrogen-bond acceptors (Lipinski definition) is 5. The molecule has 3 rings (SSSR count). The molecule has 8 heteroatoms. The molecule has 0 N–H and O–H groups in total. The number of carbonyl (C=O) groups excluding carboxylic acids is 1. The smallest absolute Gasteiger partial charge is 0.343 e. The number of amidine groups is 1. The molecule has 2 unspecified atom stereocenters. The van der Waals surface area contributed by atoms with E-state index in [1.165, 1.54) is 0 Å². The van der Waals surface area contributed by atoms with Crippen molar-refractivity contribution in [1.29, 1.82) is 0 Å². The number of nitrogens with zero attached hydrogens (tertiary/aromatic N) is 3. The van der Waals surface area contributed by atoms with Gasteiger partial charge in [0.05, 0.1) is 38.1 Å². The molecule has 130 valence electrons. The zero-order valence-electron chi connectivity index (χ0n) is 13.6. The minimum absolute atomic E-state index is 0.0125. The molecule has 2 aliphatic heterocycles. The quantitative estimate of drug-likeness (QED) is 0.361. The highest BCUT2D eigenvalue weighted by atomic mass is 35.5. The highest BCUT2D eigenvalue weighted by Gasteiger charge is 2.38. The second-order valence-corrected chi connectivity index (χ2v) is 6.19. The van der Waals surface area contributed by atoms with Crippen LogP contribution in [0.1, 0.15) is 37.0 Å². The summed E-state index contributed by atoms with van der Waals surface area (Å²) in [4.78, 5) is 22.5. The maximum atomic E-state index is 14.1. The van der Waals surface area contributed by atoms with E-state index >= 15 is 0 Å². The minimum atomic E-state index is -0.797. The monoisotopic (exact) mass is 355 g/mol. The van der Waals surface area contributed by atoms with Crippen molar-refractivity contribution in [2.45, 2.75) is 38.8 Å². The Labute approximate surface area is 144 Å². The third-order valence-electron chi connectivity index (χ3n) is 4.33. The molecule has 2 bridgehead atoms. The first-order valence-corrected chi connectivity index (χ1v) is 8.33. The van der Waals surface area contributed by atoms with Crippen molar-refractivity contribution in [3.63, 3.8) is 0 Å². The summed E-state index contributed by atoms with van der Waals surface area (Å²) in [5, 5.41) is -0.0283. The molecule has 24 heavy (non-hydrogen) atoms. The van der Waals surface area contributed by atoms with Crippen LogP contribution in [-0.4, -0.2) is 53.6 Å². The van der Waals surface area contributed by atoms with E-state index in [1.807, 2.05) is 6.92 Å². The molecule has 1 aromatic rings. The molecule has 3 heterocycles. The molecule has 6 nitrogen and oxygen atoms in total. The van der Waals surface area contributed by atoms with Crippen molar-refractivity contribution in [1.82, 2.24) is 9.88 Å². The van der Waals surface area contributed by atoms with Crippen LogP contribution in [0.5, 0.6) is 0 Å². The molecule has 0 saturated carbocycles. The van der Waals surface area contributed by atoms with Crippen LogP contribution in [-0.2, 0) is 9.47 Å². The summed E-state index contributed by atoms with van der Waals surface area (Å²) in [6, 6.07) is 0.498. The Balaban J connectivity index is 1.99. The van der Waals surface area contributed by atoms with Crippen LogP contribution >= 0.6 is 11.6 Å². The Hall–Kier alpha value is -1.73. The van der Waals surface area contributed by atoms with Crippen molar-refractivity contribution in [2.75, 3.05) is 19.8 Å². The van der Waals surface area contributed by atoms with Gasteiger partial charge in [0, 0.05) is 0 Å².